The van der Waals surface area contributed by atoms with Gasteiger partial charge in [-0.25, -0.2) is 4.98 Å². The van der Waals surface area contributed by atoms with Crippen LogP contribution < -0.4 is 10.1 Å². The molecule has 0 saturated carbocycles. The number of para-hydroxylation sites is 1. The fraction of sp³-hybridized carbons (Fsp3) is 0.133. The number of aromatic nitrogens is 2. The monoisotopic (exact) mass is 495 g/mol. The van der Waals surface area contributed by atoms with Crippen LogP contribution in [0.15, 0.2) is 109 Å². The molecule has 5 rings (SSSR count). The van der Waals surface area contributed by atoms with Crippen LogP contribution in [0, 0.1) is 0 Å². The van der Waals surface area contributed by atoms with Crippen LogP contribution in [0.3, 0.4) is 0 Å². The normalized spacial score (nSPS) is 12.0. The molecular formula is C30H26ClN3O2. The first-order chi connectivity index (χ1) is 17.6. The van der Waals surface area contributed by atoms with Gasteiger partial charge < -0.3 is 14.5 Å². The van der Waals surface area contributed by atoms with E-state index < -0.39 is 0 Å². The molecule has 0 saturated heterocycles. The molecule has 0 bridgehead atoms. The third-order valence-corrected chi connectivity index (χ3v) is 6.55. The number of nitrogens with zero attached hydrogens (tertiary/aromatic N) is 2. The van der Waals surface area contributed by atoms with E-state index in [0.717, 1.165) is 33.8 Å². The summed E-state index contributed by atoms with van der Waals surface area (Å²) in [6.07, 6.45) is 3.84. The molecule has 0 aliphatic rings. The lowest BCUT2D eigenvalue weighted by molar-refractivity contribution is -0.121. The molecule has 2 heterocycles. The summed E-state index contributed by atoms with van der Waals surface area (Å²) in [6.45, 7) is 0. The summed E-state index contributed by atoms with van der Waals surface area (Å²) >= 11 is 6.31. The highest BCUT2D eigenvalue weighted by Gasteiger charge is 2.26. The van der Waals surface area contributed by atoms with Gasteiger partial charge in [-0.15, -0.1) is 0 Å². The van der Waals surface area contributed by atoms with Crippen molar-refractivity contribution in [1.82, 2.24) is 14.7 Å². The van der Waals surface area contributed by atoms with Crippen molar-refractivity contribution >= 4 is 23.2 Å². The molecule has 0 radical (unpaired) electrons. The first kappa shape index (κ1) is 23.6. The van der Waals surface area contributed by atoms with E-state index in [1.54, 1.807) is 7.11 Å². The Morgan fingerprint density at radius 2 is 1.56 bits per heavy atom. The Morgan fingerprint density at radius 3 is 2.22 bits per heavy atom. The molecule has 1 unspecified atom stereocenters. The zero-order chi connectivity index (χ0) is 24.9. The van der Waals surface area contributed by atoms with Gasteiger partial charge in [-0.05, 0) is 29.3 Å². The van der Waals surface area contributed by atoms with Crippen LogP contribution in [0.4, 0.5) is 0 Å². The van der Waals surface area contributed by atoms with Gasteiger partial charge in [0.05, 0.1) is 23.9 Å². The van der Waals surface area contributed by atoms with Crippen molar-refractivity contribution in [3.05, 3.63) is 137 Å². The molecule has 1 N–H and O–H groups in total. The second kappa shape index (κ2) is 10.7. The Kier molecular flexibility index (Phi) is 7.01. The number of rotatable bonds is 8. The molecular weight excluding hydrogens is 470 g/mol. The number of amides is 1. The Labute approximate surface area is 215 Å². The standard InChI is InChI=1S/C30H26ClN3O2/c1-36-27-15-9-8-14-24(27)25(26-19-32-28-17-16-23(31)20-34(26)28)18-29(35)33-30(21-10-4-2-5-11-21)22-12-6-3-7-13-22/h2-17,19-20,25,30H,18H2,1H3,(H,33,35). The molecule has 0 fully saturated rings. The van der Waals surface area contributed by atoms with Crippen molar-refractivity contribution in [3.8, 4) is 5.75 Å². The number of carbonyl (C=O) groups is 1. The molecule has 180 valence electrons. The average Bonchev–Trinajstić information content (AvgIpc) is 3.34. The number of carbonyl (C=O) groups excluding carboxylic acids is 1. The fourth-order valence-corrected chi connectivity index (χ4v) is 4.78. The van der Waals surface area contributed by atoms with Crippen LogP contribution in [-0.4, -0.2) is 22.4 Å². The second-order valence-corrected chi connectivity index (χ2v) is 9.02. The van der Waals surface area contributed by atoms with E-state index in [-0.39, 0.29) is 24.3 Å². The number of pyridine rings is 1. The number of benzene rings is 3. The van der Waals surface area contributed by atoms with Crippen molar-refractivity contribution in [2.75, 3.05) is 7.11 Å². The SMILES string of the molecule is COc1ccccc1C(CC(=O)NC(c1ccccc1)c1ccccc1)c1cnc2ccc(Cl)cn12. The highest BCUT2D eigenvalue weighted by Crippen LogP contribution is 2.35. The lowest BCUT2D eigenvalue weighted by atomic mass is 9.90. The molecule has 0 aliphatic carbocycles. The van der Waals surface area contributed by atoms with E-state index in [0.29, 0.717) is 5.02 Å². The molecule has 36 heavy (non-hydrogen) atoms. The minimum absolute atomic E-state index is 0.0828. The lowest BCUT2D eigenvalue weighted by Gasteiger charge is -2.23. The van der Waals surface area contributed by atoms with Gasteiger partial charge in [-0.3, -0.25) is 4.79 Å². The van der Waals surface area contributed by atoms with Crippen LogP contribution in [0.5, 0.6) is 5.75 Å². The number of hydrogen-bond donors (Lipinski definition) is 1. The van der Waals surface area contributed by atoms with Crippen molar-refractivity contribution in [3.63, 3.8) is 0 Å². The topological polar surface area (TPSA) is 55.6 Å². The minimum atomic E-state index is -0.304. The van der Waals surface area contributed by atoms with Gasteiger partial charge in [0.15, 0.2) is 0 Å². The smallest absolute Gasteiger partial charge is 0.221 e. The fourth-order valence-electron chi connectivity index (χ4n) is 4.61. The van der Waals surface area contributed by atoms with Crippen LogP contribution in [-0.2, 0) is 4.79 Å². The Hall–Kier alpha value is -4.09. The summed E-state index contributed by atoms with van der Waals surface area (Å²) in [5.41, 5.74) is 4.58. The van der Waals surface area contributed by atoms with Crippen molar-refractivity contribution in [1.29, 1.82) is 0 Å². The minimum Gasteiger partial charge on any atom is -0.496 e. The second-order valence-electron chi connectivity index (χ2n) is 8.58. The molecule has 3 aromatic carbocycles. The number of halogens is 1. The van der Waals surface area contributed by atoms with Gasteiger partial charge in [-0.1, -0.05) is 90.5 Å². The number of nitrogens with one attached hydrogen (secondary N) is 1. The quantitative estimate of drug-likeness (QED) is 0.270. The maximum absolute atomic E-state index is 13.7. The zero-order valence-electron chi connectivity index (χ0n) is 19.8. The summed E-state index contributed by atoms with van der Waals surface area (Å²) in [5.74, 6) is 0.331. The maximum atomic E-state index is 13.7. The van der Waals surface area contributed by atoms with Crippen molar-refractivity contribution in [2.45, 2.75) is 18.4 Å². The summed E-state index contributed by atoms with van der Waals surface area (Å²) in [5, 5.41) is 3.87. The van der Waals surface area contributed by atoms with Crippen LogP contribution >= 0.6 is 11.6 Å². The molecule has 1 amide bonds. The summed E-state index contributed by atoms with van der Waals surface area (Å²) in [7, 11) is 1.64. The number of methoxy groups -OCH3 is 1. The van der Waals surface area contributed by atoms with Gasteiger partial charge >= 0.3 is 0 Å². The third-order valence-electron chi connectivity index (χ3n) is 6.33. The molecule has 1 atom stereocenters. The zero-order valence-corrected chi connectivity index (χ0v) is 20.6. The summed E-state index contributed by atoms with van der Waals surface area (Å²) in [6, 6.07) is 31.2. The first-order valence-corrected chi connectivity index (χ1v) is 12.2. The molecule has 5 aromatic rings. The molecule has 2 aromatic heterocycles. The van der Waals surface area contributed by atoms with Crippen LogP contribution in [0.1, 0.15) is 40.8 Å². The lowest BCUT2D eigenvalue weighted by Crippen LogP contribution is -2.30. The highest BCUT2D eigenvalue weighted by atomic mass is 35.5. The first-order valence-electron chi connectivity index (χ1n) is 11.8. The summed E-state index contributed by atoms with van der Waals surface area (Å²) in [4.78, 5) is 18.2. The van der Waals surface area contributed by atoms with Crippen molar-refractivity contribution in [2.24, 2.45) is 0 Å². The van der Waals surface area contributed by atoms with E-state index in [4.69, 9.17) is 16.3 Å². The molecule has 5 nitrogen and oxygen atoms in total. The molecule has 0 aliphatic heterocycles. The van der Waals surface area contributed by atoms with E-state index in [1.165, 1.54) is 0 Å². The van der Waals surface area contributed by atoms with Crippen LogP contribution in [0.25, 0.3) is 5.65 Å². The van der Waals surface area contributed by atoms with Gasteiger partial charge in [0, 0.05) is 30.3 Å². The van der Waals surface area contributed by atoms with E-state index >= 15 is 0 Å². The molecule has 0 spiro atoms. The highest BCUT2D eigenvalue weighted by molar-refractivity contribution is 6.30. The van der Waals surface area contributed by atoms with Gasteiger partial charge in [0.2, 0.25) is 5.91 Å². The van der Waals surface area contributed by atoms with E-state index in [2.05, 4.69) is 10.3 Å². The predicted molar refractivity (Wildman–Crippen MR) is 143 cm³/mol. The predicted octanol–water partition coefficient (Wildman–Crippen LogP) is 6.42. The van der Waals surface area contributed by atoms with Gasteiger partial charge in [0.1, 0.15) is 11.4 Å². The Balaban J connectivity index is 1.52. The van der Waals surface area contributed by atoms with Gasteiger partial charge in [-0.2, -0.15) is 0 Å². The van der Waals surface area contributed by atoms with E-state index in [1.807, 2.05) is 114 Å². The number of imidazole rings is 1. The largest absolute Gasteiger partial charge is 0.496 e. The van der Waals surface area contributed by atoms with E-state index in [9.17, 15) is 4.79 Å². The number of ether oxygens (including phenoxy) is 1. The number of fused-ring (bicyclic) bond motifs is 1. The Morgan fingerprint density at radius 1 is 0.917 bits per heavy atom. The van der Waals surface area contributed by atoms with Crippen LogP contribution in [0.2, 0.25) is 5.02 Å². The molecule has 6 heteroatoms. The average molecular weight is 496 g/mol. The van der Waals surface area contributed by atoms with Gasteiger partial charge in [0.25, 0.3) is 0 Å². The summed E-state index contributed by atoms with van der Waals surface area (Å²) < 4.78 is 7.62. The third kappa shape index (κ3) is 4.97. The Bertz CT molecular complexity index is 1430. The number of hydrogen-bond acceptors (Lipinski definition) is 3. The maximum Gasteiger partial charge on any atom is 0.221 e. The van der Waals surface area contributed by atoms with Crippen molar-refractivity contribution < 1.29 is 9.53 Å².